The number of quaternary nitrogens is 1. The third-order valence-electron chi connectivity index (χ3n) is 12.1. The number of carboxylic acid groups (broad SMARTS) is 1. The van der Waals surface area contributed by atoms with Gasteiger partial charge >= 0.3 is 17.9 Å². The first-order valence-electron chi connectivity index (χ1n) is 26.7. The highest BCUT2D eigenvalue weighted by Crippen LogP contribution is 2.17. The van der Waals surface area contributed by atoms with Gasteiger partial charge in [-0.05, 0) is 12.8 Å². The fourth-order valence-electron chi connectivity index (χ4n) is 7.96. The van der Waals surface area contributed by atoms with Crippen LogP contribution in [0.1, 0.15) is 264 Å². The van der Waals surface area contributed by atoms with Crippen LogP contribution in [0.5, 0.6) is 0 Å². The van der Waals surface area contributed by atoms with Crippen LogP contribution in [-0.4, -0.2) is 87.4 Å². The van der Waals surface area contributed by atoms with E-state index < -0.39 is 18.4 Å². The number of aliphatic carboxylic acids is 1. The molecule has 9 nitrogen and oxygen atoms in total. The summed E-state index contributed by atoms with van der Waals surface area (Å²) < 4.78 is 22.7. The van der Waals surface area contributed by atoms with E-state index in [-0.39, 0.29) is 38.2 Å². The highest BCUT2D eigenvalue weighted by Gasteiger charge is 2.25. The van der Waals surface area contributed by atoms with Gasteiger partial charge in [0.1, 0.15) is 13.2 Å². The molecule has 0 aromatic carbocycles. The molecular weight excluding hydrogens is 779 g/mol. The van der Waals surface area contributed by atoms with Crippen molar-refractivity contribution in [2.75, 3.05) is 47.5 Å². The molecule has 2 unspecified atom stereocenters. The minimum atomic E-state index is -1.50. The number of nitrogens with zero attached hydrogens (tertiary/aromatic N) is 1. The molecule has 0 fully saturated rings. The summed E-state index contributed by atoms with van der Waals surface area (Å²) in [5.74, 6) is -2.00. The lowest BCUT2D eigenvalue weighted by atomic mass is 10.0. The molecule has 62 heavy (non-hydrogen) atoms. The van der Waals surface area contributed by atoms with Gasteiger partial charge in [-0.1, -0.05) is 239 Å². The van der Waals surface area contributed by atoms with Crippen LogP contribution in [0.2, 0.25) is 0 Å². The fraction of sp³-hybridized carbons (Fsp3) is 0.943. The highest BCUT2D eigenvalue weighted by molar-refractivity contribution is 5.71. The van der Waals surface area contributed by atoms with E-state index in [4.69, 9.17) is 18.9 Å². The molecule has 0 saturated carbocycles. The van der Waals surface area contributed by atoms with E-state index in [1.807, 2.05) is 21.1 Å². The number of hydrogen-bond donors (Lipinski definition) is 1. The van der Waals surface area contributed by atoms with Crippen LogP contribution in [0.4, 0.5) is 0 Å². The van der Waals surface area contributed by atoms with E-state index in [2.05, 4.69) is 13.8 Å². The lowest BCUT2D eigenvalue weighted by Crippen LogP contribution is -2.40. The van der Waals surface area contributed by atoms with Crippen LogP contribution in [0, 0.1) is 0 Å². The molecule has 0 radical (unpaired) electrons. The van der Waals surface area contributed by atoms with Crippen LogP contribution in [0.3, 0.4) is 0 Å². The summed E-state index contributed by atoms with van der Waals surface area (Å²) in [6.07, 6.45) is 46.7. The number of unbranched alkanes of at least 4 members (excludes halogenated alkanes) is 35. The lowest BCUT2D eigenvalue weighted by molar-refractivity contribution is -0.870. The number of carbonyl (C=O) groups excluding carboxylic acids is 2. The van der Waals surface area contributed by atoms with Gasteiger partial charge in [0, 0.05) is 12.8 Å². The Bertz CT molecular complexity index is 985. The normalized spacial score (nSPS) is 12.7. The van der Waals surface area contributed by atoms with Gasteiger partial charge < -0.3 is 28.5 Å². The number of likely N-dealkylation sites (N-methyl/N-ethyl adjacent to an activating group) is 1. The van der Waals surface area contributed by atoms with Crippen molar-refractivity contribution in [3.05, 3.63) is 0 Å². The minimum Gasteiger partial charge on any atom is -0.477 e. The van der Waals surface area contributed by atoms with Crippen molar-refractivity contribution in [2.24, 2.45) is 0 Å². The van der Waals surface area contributed by atoms with Crippen LogP contribution in [0.15, 0.2) is 0 Å². The Balaban J connectivity index is 3.90. The molecular formula is C53H104NO8+. The summed E-state index contributed by atoms with van der Waals surface area (Å²) in [5, 5.41) is 9.61. The largest absolute Gasteiger partial charge is 0.477 e. The predicted molar refractivity (Wildman–Crippen MR) is 258 cm³/mol. The number of esters is 2. The predicted octanol–water partition coefficient (Wildman–Crippen LogP) is 14.8. The molecule has 1 N–H and O–H groups in total. The van der Waals surface area contributed by atoms with E-state index in [9.17, 15) is 19.5 Å². The van der Waals surface area contributed by atoms with Gasteiger partial charge in [0.25, 0.3) is 6.29 Å². The molecule has 0 spiro atoms. The monoisotopic (exact) mass is 883 g/mol. The lowest BCUT2D eigenvalue weighted by Gasteiger charge is -2.25. The maximum atomic E-state index is 12.8. The summed E-state index contributed by atoms with van der Waals surface area (Å²) in [6, 6.07) is 0. The van der Waals surface area contributed by atoms with Gasteiger partial charge in [-0.2, -0.15) is 0 Å². The standard InChI is InChI=1S/C53H103NO8/c1-6-8-10-12-14-15-16-17-18-19-20-21-22-23-24-25-26-27-28-29-30-31-32-33-34-35-36-37-38-40-42-44-51(56)62-49(47-60-50(55)43-41-39-13-11-9-7-2)48-61-53(52(57)58)59-46-45-54(3,4)5/h49,53H,6-48H2,1-5H3/p+1. The van der Waals surface area contributed by atoms with E-state index >= 15 is 0 Å². The van der Waals surface area contributed by atoms with Crippen molar-refractivity contribution in [1.82, 2.24) is 0 Å². The summed E-state index contributed by atoms with van der Waals surface area (Å²) in [7, 11) is 5.96. The fourth-order valence-corrected chi connectivity index (χ4v) is 7.96. The first-order chi connectivity index (χ1) is 30.1. The first-order valence-corrected chi connectivity index (χ1v) is 26.7. The Morgan fingerprint density at radius 1 is 0.419 bits per heavy atom. The van der Waals surface area contributed by atoms with Crippen molar-refractivity contribution < 1.29 is 42.9 Å². The third kappa shape index (κ3) is 46.3. The second kappa shape index (κ2) is 45.8. The second-order valence-electron chi connectivity index (χ2n) is 19.6. The first kappa shape index (κ1) is 60.3. The van der Waals surface area contributed by atoms with E-state index in [1.165, 1.54) is 199 Å². The molecule has 368 valence electrons. The zero-order valence-electron chi connectivity index (χ0n) is 41.8. The van der Waals surface area contributed by atoms with Crippen molar-refractivity contribution in [1.29, 1.82) is 0 Å². The van der Waals surface area contributed by atoms with Gasteiger partial charge in [0.15, 0.2) is 6.10 Å². The van der Waals surface area contributed by atoms with E-state index in [0.717, 1.165) is 38.5 Å². The van der Waals surface area contributed by atoms with Crippen molar-refractivity contribution in [2.45, 2.75) is 277 Å². The zero-order chi connectivity index (χ0) is 45.6. The van der Waals surface area contributed by atoms with Crippen molar-refractivity contribution in [3.63, 3.8) is 0 Å². The molecule has 0 saturated heterocycles. The molecule has 0 aliphatic heterocycles. The molecule has 0 heterocycles. The van der Waals surface area contributed by atoms with Gasteiger partial charge in [0.05, 0.1) is 34.4 Å². The summed E-state index contributed by atoms with van der Waals surface area (Å²) >= 11 is 0. The highest BCUT2D eigenvalue weighted by atomic mass is 16.7. The Morgan fingerprint density at radius 2 is 0.726 bits per heavy atom. The molecule has 9 heteroatoms. The van der Waals surface area contributed by atoms with E-state index in [0.29, 0.717) is 17.4 Å². The molecule has 0 aromatic rings. The molecule has 0 rings (SSSR count). The Morgan fingerprint density at radius 3 is 1.03 bits per heavy atom. The van der Waals surface area contributed by atoms with Gasteiger partial charge in [-0.3, -0.25) is 9.59 Å². The number of carbonyl (C=O) groups is 3. The van der Waals surface area contributed by atoms with E-state index in [1.54, 1.807) is 0 Å². The number of hydrogen-bond acceptors (Lipinski definition) is 7. The summed E-state index contributed by atoms with van der Waals surface area (Å²) in [4.78, 5) is 36.9. The third-order valence-corrected chi connectivity index (χ3v) is 12.1. The number of carboxylic acids is 1. The Hall–Kier alpha value is -1.71. The van der Waals surface area contributed by atoms with Crippen molar-refractivity contribution in [3.8, 4) is 0 Å². The average Bonchev–Trinajstić information content (AvgIpc) is 3.23. The topological polar surface area (TPSA) is 108 Å². The molecule has 2 atom stereocenters. The summed E-state index contributed by atoms with van der Waals surface area (Å²) in [6.45, 7) is 4.85. The second-order valence-corrected chi connectivity index (χ2v) is 19.6. The molecule has 0 amide bonds. The van der Waals surface area contributed by atoms with Crippen LogP contribution in [0.25, 0.3) is 0 Å². The zero-order valence-corrected chi connectivity index (χ0v) is 41.8. The quantitative estimate of drug-likeness (QED) is 0.0278. The maximum absolute atomic E-state index is 12.8. The van der Waals surface area contributed by atoms with Crippen molar-refractivity contribution >= 4 is 17.9 Å². The Kier molecular flexibility index (Phi) is 44.6. The Labute approximate surface area is 383 Å². The number of rotatable bonds is 50. The van der Waals surface area contributed by atoms with Crippen LogP contribution in [-0.2, 0) is 33.3 Å². The van der Waals surface area contributed by atoms with Crippen LogP contribution < -0.4 is 0 Å². The maximum Gasteiger partial charge on any atom is 0.361 e. The van der Waals surface area contributed by atoms with Crippen LogP contribution >= 0.6 is 0 Å². The van der Waals surface area contributed by atoms with Gasteiger partial charge in [0.2, 0.25) is 0 Å². The number of ether oxygens (including phenoxy) is 4. The molecule has 0 bridgehead atoms. The molecule has 0 aromatic heterocycles. The molecule has 0 aliphatic rings. The summed E-state index contributed by atoms with van der Waals surface area (Å²) in [5.41, 5.74) is 0. The van der Waals surface area contributed by atoms with Gasteiger partial charge in [-0.25, -0.2) is 4.79 Å². The average molecular weight is 883 g/mol. The SMILES string of the molecule is CCCCCCCCCCCCCCCCCCCCCCCCCCCCCCCCCC(=O)OC(COC(=O)CCCCCCCC)COC(OCC[N+](C)(C)C)C(=O)O. The smallest absolute Gasteiger partial charge is 0.361 e. The minimum absolute atomic E-state index is 0.175. The molecule has 0 aliphatic carbocycles. The van der Waals surface area contributed by atoms with Gasteiger partial charge in [-0.15, -0.1) is 0 Å².